The molecular formula is C16H26N2. The van der Waals surface area contributed by atoms with E-state index < -0.39 is 0 Å². The smallest absolute Gasteiger partial charge is 0.0399 e. The monoisotopic (exact) mass is 246 g/mol. The molecule has 0 aromatic heterocycles. The molecule has 2 rings (SSSR count). The second kappa shape index (κ2) is 5.31. The molecule has 1 saturated heterocycles. The first-order valence-corrected chi connectivity index (χ1v) is 7.19. The highest BCUT2D eigenvalue weighted by Gasteiger charge is 2.35. The molecule has 1 aliphatic rings. The number of hydrogen-bond acceptors (Lipinski definition) is 2. The summed E-state index contributed by atoms with van der Waals surface area (Å²) in [5.74, 6) is 0. The van der Waals surface area contributed by atoms with Gasteiger partial charge in [-0.1, -0.05) is 32.0 Å². The molecule has 1 heterocycles. The lowest BCUT2D eigenvalue weighted by atomic mass is 9.88. The lowest BCUT2D eigenvalue weighted by Crippen LogP contribution is -2.63. The molecule has 1 N–H and O–H groups in total. The molecule has 18 heavy (non-hydrogen) atoms. The Balaban J connectivity index is 2.28. The Morgan fingerprint density at radius 2 is 1.94 bits per heavy atom. The van der Waals surface area contributed by atoms with Crippen molar-refractivity contribution in [1.29, 1.82) is 0 Å². The first kappa shape index (κ1) is 13.4. The molecule has 1 aromatic rings. The first-order valence-electron chi connectivity index (χ1n) is 7.19. The van der Waals surface area contributed by atoms with E-state index in [1.807, 2.05) is 0 Å². The molecule has 2 heteroatoms. The van der Waals surface area contributed by atoms with Crippen molar-refractivity contribution >= 4 is 5.69 Å². The van der Waals surface area contributed by atoms with Crippen molar-refractivity contribution in [3.8, 4) is 0 Å². The van der Waals surface area contributed by atoms with Crippen molar-refractivity contribution in [2.45, 2.75) is 52.1 Å². The Labute approximate surface area is 111 Å². The van der Waals surface area contributed by atoms with E-state index in [2.05, 4.69) is 62.2 Å². The zero-order chi connectivity index (χ0) is 13.2. The fourth-order valence-corrected chi connectivity index (χ4v) is 2.94. The van der Waals surface area contributed by atoms with Crippen molar-refractivity contribution in [3.63, 3.8) is 0 Å². The van der Waals surface area contributed by atoms with Crippen LogP contribution in [0.5, 0.6) is 0 Å². The Morgan fingerprint density at radius 3 is 2.56 bits per heavy atom. The highest BCUT2D eigenvalue weighted by molar-refractivity contribution is 5.54. The van der Waals surface area contributed by atoms with Gasteiger partial charge >= 0.3 is 0 Å². The van der Waals surface area contributed by atoms with E-state index in [1.54, 1.807) is 0 Å². The van der Waals surface area contributed by atoms with Gasteiger partial charge in [0.1, 0.15) is 0 Å². The summed E-state index contributed by atoms with van der Waals surface area (Å²) in [5.41, 5.74) is 3.07. The Hall–Kier alpha value is -1.02. The largest absolute Gasteiger partial charge is 0.365 e. The molecule has 0 spiro atoms. The minimum atomic E-state index is 0.286. The zero-order valence-corrected chi connectivity index (χ0v) is 12.2. The molecule has 0 aliphatic carbocycles. The molecule has 1 unspecified atom stereocenters. The average Bonchev–Trinajstić information content (AvgIpc) is 2.41. The van der Waals surface area contributed by atoms with Crippen LogP contribution >= 0.6 is 0 Å². The van der Waals surface area contributed by atoms with E-state index in [0.717, 1.165) is 13.1 Å². The molecule has 0 saturated carbocycles. The van der Waals surface area contributed by atoms with Crippen molar-refractivity contribution in [3.05, 3.63) is 29.8 Å². The number of para-hydroxylation sites is 1. The third-order valence-electron chi connectivity index (χ3n) is 4.56. The molecule has 1 fully saturated rings. The third kappa shape index (κ3) is 2.39. The summed E-state index contributed by atoms with van der Waals surface area (Å²) in [6.45, 7) is 11.3. The number of rotatable bonds is 3. The summed E-state index contributed by atoms with van der Waals surface area (Å²) in [4.78, 5) is 2.58. The van der Waals surface area contributed by atoms with E-state index in [-0.39, 0.29) is 5.54 Å². The van der Waals surface area contributed by atoms with Crippen LogP contribution in [0.4, 0.5) is 5.69 Å². The summed E-state index contributed by atoms with van der Waals surface area (Å²) in [6, 6.07) is 9.31. The Kier molecular flexibility index (Phi) is 3.96. The van der Waals surface area contributed by atoms with Crippen LogP contribution in [0.3, 0.4) is 0 Å². The average molecular weight is 246 g/mol. The Morgan fingerprint density at radius 1 is 1.28 bits per heavy atom. The summed E-state index contributed by atoms with van der Waals surface area (Å²) in [6.07, 6.45) is 2.39. The molecular weight excluding hydrogens is 220 g/mol. The summed E-state index contributed by atoms with van der Waals surface area (Å²) < 4.78 is 0. The van der Waals surface area contributed by atoms with Gasteiger partial charge in [0, 0.05) is 30.4 Å². The van der Waals surface area contributed by atoms with E-state index in [1.165, 1.54) is 24.1 Å². The summed E-state index contributed by atoms with van der Waals surface area (Å²) >= 11 is 0. The lowest BCUT2D eigenvalue weighted by molar-refractivity contribution is 0.253. The normalized spacial score (nSPS) is 23.1. The van der Waals surface area contributed by atoms with Gasteiger partial charge in [0.15, 0.2) is 0 Å². The molecule has 2 nitrogen and oxygen atoms in total. The highest BCUT2D eigenvalue weighted by Crippen LogP contribution is 2.29. The van der Waals surface area contributed by atoms with Crippen LogP contribution in [0.2, 0.25) is 0 Å². The number of aryl methyl sites for hydroxylation is 1. The van der Waals surface area contributed by atoms with E-state index in [0.29, 0.717) is 6.04 Å². The molecule has 0 radical (unpaired) electrons. The number of nitrogens with one attached hydrogen (secondary N) is 1. The fraction of sp³-hybridized carbons (Fsp3) is 0.625. The zero-order valence-electron chi connectivity index (χ0n) is 12.2. The van der Waals surface area contributed by atoms with Gasteiger partial charge in [-0.25, -0.2) is 0 Å². The number of nitrogens with zero attached hydrogens (tertiary/aromatic N) is 1. The molecule has 0 amide bonds. The van der Waals surface area contributed by atoms with Crippen molar-refractivity contribution in [1.82, 2.24) is 5.32 Å². The van der Waals surface area contributed by atoms with Crippen molar-refractivity contribution in [2.24, 2.45) is 0 Å². The fourth-order valence-electron chi connectivity index (χ4n) is 2.94. The molecule has 0 bridgehead atoms. The van der Waals surface area contributed by atoms with Gasteiger partial charge < -0.3 is 10.2 Å². The van der Waals surface area contributed by atoms with Crippen LogP contribution in [-0.4, -0.2) is 24.7 Å². The predicted molar refractivity (Wildman–Crippen MR) is 79.3 cm³/mol. The summed E-state index contributed by atoms with van der Waals surface area (Å²) in [7, 11) is 0. The quantitative estimate of drug-likeness (QED) is 0.880. The molecule has 1 aromatic carbocycles. The van der Waals surface area contributed by atoms with E-state index in [9.17, 15) is 0 Å². The van der Waals surface area contributed by atoms with Crippen LogP contribution in [0, 0.1) is 6.92 Å². The van der Waals surface area contributed by atoms with Crippen molar-refractivity contribution in [2.75, 3.05) is 18.0 Å². The number of piperazine rings is 1. The number of hydrogen-bond donors (Lipinski definition) is 1. The van der Waals surface area contributed by atoms with Crippen LogP contribution in [0.15, 0.2) is 24.3 Å². The standard InChI is InChI=1S/C16H26N2/c1-5-16(6-2)12-18(14(4)11-17-16)15-10-8-7-9-13(15)3/h7-10,14,17H,5-6,11-12H2,1-4H3. The van der Waals surface area contributed by atoms with Crippen molar-refractivity contribution < 1.29 is 0 Å². The molecule has 1 aliphatic heterocycles. The van der Waals surface area contributed by atoms with Gasteiger partial charge in [-0.05, 0) is 38.3 Å². The predicted octanol–water partition coefficient (Wildman–Crippen LogP) is 3.35. The second-order valence-corrected chi connectivity index (χ2v) is 5.63. The maximum absolute atomic E-state index is 3.76. The van der Waals surface area contributed by atoms with Gasteiger partial charge in [0.25, 0.3) is 0 Å². The van der Waals surface area contributed by atoms with Crippen LogP contribution in [-0.2, 0) is 0 Å². The van der Waals surface area contributed by atoms with Gasteiger partial charge in [-0.3, -0.25) is 0 Å². The lowest BCUT2D eigenvalue weighted by Gasteiger charge is -2.48. The summed E-state index contributed by atoms with van der Waals surface area (Å²) in [5, 5.41) is 3.76. The topological polar surface area (TPSA) is 15.3 Å². The first-order chi connectivity index (χ1) is 8.62. The molecule has 1 atom stereocenters. The number of benzene rings is 1. The molecule has 100 valence electrons. The number of anilines is 1. The van der Waals surface area contributed by atoms with Gasteiger partial charge in [-0.15, -0.1) is 0 Å². The minimum absolute atomic E-state index is 0.286. The van der Waals surface area contributed by atoms with E-state index >= 15 is 0 Å². The second-order valence-electron chi connectivity index (χ2n) is 5.63. The van der Waals surface area contributed by atoms with E-state index in [4.69, 9.17) is 0 Å². The SMILES string of the molecule is CCC1(CC)CN(c2ccccc2C)C(C)CN1. The van der Waals surface area contributed by atoms with Crippen LogP contribution < -0.4 is 10.2 Å². The highest BCUT2D eigenvalue weighted by atomic mass is 15.3. The van der Waals surface area contributed by atoms with Crippen LogP contribution in [0.25, 0.3) is 0 Å². The third-order valence-corrected chi connectivity index (χ3v) is 4.56. The maximum atomic E-state index is 3.76. The maximum Gasteiger partial charge on any atom is 0.0399 e. The minimum Gasteiger partial charge on any atom is -0.365 e. The van der Waals surface area contributed by atoms with Gasteiger partial charge in [0.05, 0.1) is 0 Å². The van der Waals surface area contributed by atoms with Gasteiger partial charge in [-0.2, -0.15) is 0 Å². The Bertz CT molecular complexity index is 396. The van der Waals surface area contributed by atoms with Crippen LogP contribution in [0.1, 0.15) is 39.2 Å². The van der Waals surface area contributed by atoms with Gasteiger partial charge in [0.2, 0.25) is 0 Å².